The minimum Gasteiger partial charge on any atom is -0.496 e. The predicted molar refractivity (Wildman–Crippen MR) is 104 cm³/mol. The van der Waals surface area contributed by atoms with E-state index in [0.29, 0.717) is 24.6 Å². The Bertz CT molecular complexity index is 874. The fourth-order valence-corrected chi connectivity index (χ4v) is 3.64. The van der Waals surface area contributed by atoms with Crippen molar-refractivity contribution >= 4 is 17.5 Å². The standard InChI is InChI=1S/C22H24N2O3/c1-27-20-7-3-2-5-17(20)14-24(18-10-11-18)22(26)16-9-12-19-15(13-16)6-4-8-21(25)23-19/h2-3,5,7,9,12-13,18H,4,6,8,10-11,14H2,1H3,(H,23,25). The molecule has 2 aliphatic rings. The maximum atomic E-state index is 13.3. The van der Waals surface area contributed by atoms with Gasteiger partial charge in [0.15, 0.2) is 0 Å². The predicted octanol–water partition coefficient (Wildman–Crippen LogP) is 3.77. The van der Waals surface area contributed by atoms with E-state index in [2.05, 4.69) is 5.32 Å². The summed E-state index contributed by atoms with van der Waals surface area (Å²) in [6.45, 7) is 0.543. The molecular weight excluding hydrogens is 340 g/mol. The maximum Gasteiger partial charge on any atom is 0.254 e. The number of carbonyl (C=O) groups is 2. The Morgan fingerprint density at radius 2 is 2.00 bits per heavy atom. The number of hydrogen-bond acceptors (Lipinski definition) is 3. The molecule has 5 nitrogen and oxygen atoms in total. The minimum absolute atomic E-state index is 0.0433. The molecule has 1 aliphatic heterocycles. The molecule has 2 aromatic rings. The number of methoxy groups -OCH3 is 1. The lowest BCUT2D eigenvalue weighted by atomic mass is 10.0. The number of hydrogen-bond donors (Lipinski definition) is 1. The molecule has 1 aliphatic carbocycles. The quantitative estimate of drug-likeness (QED) is 0.878. The van der Waals surface area contributed by atoms with Gasteiger partial charge in [-0.15, -0.1) is 0 Å². The van der Waals surface area contributed by atoms with Crippen molar-refractivity contribution in [3.05, 3.63) is 59.2 Å². The van der Waals surface area contributed by atoms with E-state index in [9.17, 15) is 9.59 Å². The Kier molecular flexibility index (Phi) is 4.84. The lowest BCUT2D eigenvalue weighted by Crippen LogP contribution is -2.32. The third-order valence-electron chi connectivity index (χ3n) is 5.26. The molecule has 27 heavy (non-hydrogen) atoms. The van der Waals surface area contributed by atoms with Crippen LogP contribution >= 0.6 is 0 Å². The van der Waals surface area contributed by atoms with Gasteiger partial charge in [0, 0.05) is 35.8 Å². The molecular formula is C22H24N2O3. The van der Waals surface area contributed by atoms with E-state index in [0.717, 1.165) is 48.2 Å². The summed E-state index contributed by atoms with van der Waals surface area (Å²) in [4.78, 5) is 27.0. The van der Waals surface area contributed by atoms with Gasteiger partial charge in [-0.05, 0) is 55.5 Å². The number of benzene rings is 2. The average molecular weight is 364 g/mol. The first-order valence-corrected chi connectivity index (χ1v) is 9.51. The third-order valence-corrected chi connectivity index (χ3v) is 5.26. The molecule has 0 unspecified atom stereocenters. The summed E-state index contributed by atoms with van der Waals surface area (Å²) in [7, 11) is 1.66. The van der Waals surface area contributed by atoms with Gasteiger partial charge in [-0.3, -0.25) is 9.59 Å². The van der Waals surface area contributed by atoms with Crippen LogP contribution < -0.4 is 10.1 Å². The molecule has 0 saturated heterocycles. The molecule has 2 amide bonds. The summed E-state index contributed by atoms with van der Waals surface area (Å²) in [5, 5.41) is 2.93. The lowest BCUT2D eigenvalue weighted by molar-refractivity contribution is -0.116. The second-order valence-corrected chi connectivity index (χ2v) is 7.25. The van der Waals surface area contributed by atoms with Gasteiger partial charge in [0.1, 0.15) is 5.75 Å². The highest BCUT2D eigenvalue weighted by Crippen LogP contribution is 2.32. The van der Waals surface area contributed by atoms with Gasteiger partial charge in [0.25, 0.3) is 5.91 Å². The molecule has 140 valence electrons. The summed E-state index contributed by atoms with van der Waals surface area (Å²) in [6.07, 6.45) is 4.24. The number of aryl methyl sites for hydroxylation is 1. The van der Waals surface area contributed by atoms with Crippen LogP contribution in [0.5, 0.6) is 5.75 Å². The molecule has 0 aromatic heterocycles. The summed E-state index contributed by atoms with van der Waals surface area (Å²) < 4.78 is 5.45. The van der Waals surface area contributed by atoms with Crippen molar-refractivity contribution < 1.29 is 14.3 Å². The number of ether oxygens (including phenoxy) is 1. The first-order chi connectivity index (χ1) is 13.2. The molecule has 4 rings (SSSR count). The van der Waals surface area contributed by atoms with Gasteiger partial charge in [0.05, 0.1) is 7.11 Å². The molecule has 1 fully saturated rings. The highest BCUT2D eigenvalue weighted by atomic mass is 16.5. The number of anilines is 1. The van der Waals surface area contributed by atoms with Crippen molar-refractivity contribution in [1.29, 1.82) is 0 Å². The van der Waals surface area contributed by atoms with Crippen molar-refractivity contribution in [3.63, 3.8) is 0 Å². The van der Waals surface area contributed by atoms with Crippen LogP contribution in [0.25, 0.3) is 0 Å². The Morgan fingerprint density at radius 1 is 1.19 bits per heavy atom. The van der Waals surface area contributed by atoms with Gasteiger partial charge in [-0.25, -0.2) is 0 Å². The number of fused-ring (bicyclic) bond motifs is 1. The van der Waals surface area contributed by atoms with E-state index in [1.165, 1.54) is 0 Å². The van der Waals surface area contributed by atoms with Gasteiger partial charge >= 0.3 is 0 Å². The van der Waals surface area contributed by atoms with Crippen molar-refractivity contribution in [2.45, 2.75) is 44.7 Å². The average Bonchev–Trinajstić information content (AvgIpc) is 3.52. The van der Waals surface area contributed by atoms with E-state index < -0.39 is 0 Å². The van der Waals surface area contributed by atoms with Gasteiger partial charge in [0.2, 0.25) is 5.91 Å². The number of para-hydroxylation sites is 1. The third kappa shape index (κ3) is 3.82. The molecule has 0 bridgehead atoms. The van der Waals surface area contributed by atoms with Crippen LogP contribution in [0.2, 0.25) is 0 Å². The van der Waals surface area contributed by atoms with Gasteiger partial charge < -0.3 is 15.0 Å². The van der Waals surface area contributed by atoms with Crippen LogP contribution in [0.1, 0.15) is 47.2 Å². The highest BCUT2D eigenvalue weighted by molar-refractivity contribution is 5.97. The SMILES string of the molecule is COc1ccccc1CN(C(=O)c1ccc2c(c1)CCCC(=O)N2)C1CC1. The van der Waals surface area contributed by atoms with Crippen molar-refractivity contribution in [1.82, 2.24) is 4.90 Å². The first-order valence-electron chi connectivity index (χ1n) is 9.51. The summed E-state index contributed by atoms with van der Waals surface area (Å²) in [5.41, 5.74) is 3.57. The largest absolute Gasteiger partial charge is 0.496 e. The molecule has 1 N–H and O–H groups in total. The zero-order valence-corrected chi connectivity index (χ0v) is 15.5. The van der Waals surface area contributed by atoms with E-state index in [1.54, 1.807) is 7.11 Å². The minimum atomic E-state index is 0.0433. The fourth-order valence-electron chi connectivity index (χ4n) is 3.64. The number of nitrogens with one attached hydrogen (secondary N) is 1. The maximum absolute atomic E-state index is 13.3. The van der Waals surface area contributed by atoms with Crippen LogP contribution in [0.15, 0.2) is 42.5 Å². The molecule has 2 aromatic carbocycles. The Morgan fingerprint density at radius 3 is 2.78 bits per heavy atom. The second-order valence-electron chi connectivity index (χ2n) is 7.25. The van der Waals surface area contributed by atoms with E-state index in [1.807, 2.05) is 47.4 Å². The first kappa shape index (κ1) is 17.6. The van der Waals surface area contributed by atoms with E-state index in [4.69, 9.17) is 4.74 Å². The van der Waals surface area contributed by atoms with Crippen LogP contribution in [-0.4, -0.2) is 29.9 Å². The normalized spacial score (nSPS) is 16.1. The molecule has 1 saturated carbocycles. The van der Waals surface area contributed by atoms with Crippen molar-refractivity contribution in [2.75, 3.05) is 12.4 Å². The van der Waals surface area contributed by atoms with Crippen molar-refractivity contribution in [2.24, 2.45) is 0 Å². The number of nitrogens with zero attached hydrogens (tertiary/aromatic N) is 1. The summed E-state index contributed by atoms with van der Waals surface area (Å²) in [6, 6.07) is 13.8. The topological polar surface area (TPSA) is 58.6 Å². The molecule has 5 heteroatoms. The van der Waals surface area contributed by atoms with Crippen LogP contribution in [-0.2, 0) is 17.8 Å². The molecule has 0 radical (unpaired) electrons. The Hall–Kier alpha value is -2.82. The van der Waals surface area contributed by atoms with Crippen LogP contribution in [0.4, 0.5) is 5.69 Å². The monoisotopic (exact) mass is 364 g/mol. The smallest absolute Gasteiger partial charge is 0.254 e. The summed E-state index contributed by atoms with van der Waals surface area (Å²) >= 11 is 0. The highest BCUT2D eigenvalue weighted by Gasteiger charge is 2.33. The Balaban J connectivity index is 1.59. The Labute approximate surface area is 159 Å². The summed E-state index contributed by atoms with van der Waals surface area (Å²) in [5.74, 6) is 0.894. The van der Waals surface area contributed by atoms with E-state index in [-0.39, 0.29) is 11.8 Å². The van der Waals surface area contributed by atoms with Crippen molar-refractivity contribution in [3.8, 4) is 5.75 Å². The molecule has 1 heterocycles. The number of amides is 2. The van der Waals surface area contributed by atoms with Gasteiger partial charge in [-0.1, -0.05) is 18.2 Å². The van der Waals surface area contributed by atoms with E-state index >= 15 is 0 Å². The molecule has 0 atom stereocenters. The lowest BCUT2D eigenvalue weighted by Gasteiger charge is -2.24. The van der Waals surface area contributed by atoms with Crippen LogP contribution in [0, 0.1) is 0 Å². The number of carbonyl (C=O) groups excluding carboxylic acids is 2. The molecule has 0 spiro atoms. The number of rotatable bonds is 5. The second kappa shape index (κ2) is 7.43. The fraction of sp³-hybridized carbons (Fsp3) is 0.364. The van der Waals surface area contributed by atoms with Crippen LogP contribution in [0.3, 0.4) is 0 Å². The van der Waals surface area contributed by atoms with Gasteiger partial charge in [-0.2, -0.15) is 0 Å². The zero-order chi connectivity index (χ0) is 18.8. The zero-order valence-electron chi connectivity index (χ0n) is 15.5.